The van der Waals surface area contributed by atoms with Crippen molar-refractivity contribution in [2.75, 3.05) is 6.54 Å². The zero-order chi connectivity index (χ0) is 21.1. The van der Waals surface area contributed by atoms with Crippen molar-refractivity contribution in [1.82, 2.24) is 19.4 Å². The first-order valence-electron chi connectivity index (χ1n) is 9.49. The molecule has 2 N–H and O–H groups in total. The number of hydrogen-bond donors (Lipinski definition) is 2. The smallest absolute Gasteiger partial charge is 0.295 e. The Morgan fingerprint density at radius 2 is 1.70 bits per heavy atom. The lowest BCUT2D eigenvalue weighted by Crippen LogP contribution is -2.31. The Kier molecular flexibility index (Phi) is 5.30. The van der Waals surface area contributed by atoms with E-state index in [1.54, 1.807) is 36.8 Å². The van der Waals surface area contributed by atoms with E-state index in [2.05, 4.69) is 9.97 Å². The second-order valence-electron chi connectivity index (χ2n) is 6.97. The third kappa shape index (κ3) is 3.67. The molecule has 1 unspecified atom stereocenters. The standard InChI is InChI=1S/C22H20N4O4/c27-17-4-2-15(3-5-17)19-18(20(28)16-6-8-23-9-7-16)21(29)22(30)26(19)12-1-11-25-13-10-24-14-25/h2-10,13-14,19,27-28H,1,11-12H2. The van der Waals surface area contributed by atoms with E-state index in [1.165, 1.54) is 29.4 Å². The predicted molar refractivity (Wildman–Crippen MR) is 108 cm³/mol. The number of rotatable bonds is 6. The molecule has 0 spiro atoms. The van der Waals surface area contributed by atoms with Crippen LogP contribution in [0.4, 0.5) is 0 Å². The lowest BCUT2D eigenvalue weighted by Gasteiger charge is -2.25. The number of phenolic OH excluding ortho intramolecular Hbond substituents is 1. The fourth-order valence-electron chi connectivity index (χ4n) is 3.62. The van der Waals surface area contributed by atoms with Gasteiger partial charge in [-0.15, -0.1) is 0 Å². The lowest BCUT2D eigenvalue weighted by molar-refractivity contribution is -0.139. The maximum atomic E-state index is 12.9. The van der Waals surface area contributed by atoms with Crippen molar-refractivity contribution in [3.8, 4) is 5.75 Å². The number of aromatic hydroxyl groups is 1. The number of aliphatic hydroxyl groups excluding tert-OH is 1. The van der Waals surface area contributed by atoms with Crippen molar-refractivity contribution in [3.63, 3.8) is 0 Å². The second-order valence-corrected chi connectivity index (χ2v) is 6.97. The van der Waals surface area contributed by atoms with E-state index in [0.717, 1.165) is 0 Å². The number of benzene rings is 1. The monoisotopic (exact) mass is 404 g/mol. The number of pyridine rings is 1. The topological polar surface area (TPSA) is 109 Å². The summed E-state index contributed by atoms with van der Waals surface area (Å²) in [6.07, 6.45) is 8.81. The van der Waals surface area contributed by atoms with Crippen LogP contribution in [0, 0.1) is 0 Å². The van der Waals surface area contributed by atoms with Gasteiger partial charge < -0.3 is 19.7 Å². The first-order chi connectivity index (χ1) is 14.6. The van der Waals surface area contributed by atoms with Gasteiger partial charge in [-0.05, 0) is 36.2 Å². The van der Waals surface area contributed by atoms with Crippen LogP contribution >= 0.6 is 0 Å². The Bertz CT molecular complexity index is 1080. The number of imidazole rings is 1. The van der Waals surface area contributed by atoms with Gasteiger partial charge in [0, 0.05) is 43.4 Å². The summed E-state index contributed by atoms with van der Waals surface area (Å²) in [6, 6.07) is 8.69. The van der Waals surface area contributed by atoms with Crippen LogP contribution in [0.1, 0.15) is 23.6 Å². The minimum atomic E-state index is -0.749. The van der Waals surface area contributed by atoms with Crippen LogP contribution in [0.3, 0.4) is 0 Å². The number of nitrogens with zero attached hydrogens (tertiary/aromatic N) is 4. The predicted octanol–water partition coefficient (Wildman–Crippen LogP) is 2.50. The van der Waals surface area contributed by atoms with Gasteiger partial charge in [0.1, 0.15) is 11.5 Å². The molecule has 1 amide bonds. The highest BCUT2D eigenvalue weighted by Crippen LogP contribution is 2.39. The third-order valence-electron chi connectivity index (χ3n) is 5.08. The zero-order valence-electron chi connectivity index (χ0n) is 16.0. The maximum Gasteiger partial charge on any atom is 0.295 e. The summed E-state index contributed by atoms with van der Waals surface area (Å²) < 4.78 is 1.89. The van der Waals surface area contributed by atoms with Crippen molar-refractivity contribution in [1.29, 1.82) is 0 Å². The average molecular weight is 404 g/mol. The summed E-state index contributed by atoms with van der Waals surface area (Å²) >= 11 is 0. The molecule has 1 saturated heterocycles. The van der Waals surface area contributed by atoms with Gasteiger partial charge in [0.25, 0.3) is 11.7 Å². The number of phenols is 1. The molecule has 152 valence electrons. The number of Topliss-reactive ketones (excluding diaryl/α,β-unsaturated/α-hetero) is 1. The molecule has 0 bridgehead atoms. The number of hydrogen-bond acceptors (Lipinski definition) is 6. The molecule has 1 aliphatic heterocycles. The van der Waals surface area contributed by atoms with E-state index < -0.39 is 17.7 Å². The number of likely N-dealkylation sites (tertiary alicyclic amines) is 1. The normalized spacial score (nSPS) is 18.1. The molecule has 1 aromatic carbocycles. The van der Waals surface area contributed by atoms with E-state index in [4.69, 9.17) is 0 Å². The van der Waals surface area contributed by atoms with E-state index in [1.807, 2.05) is 10.8 Å². The minimum absolute atomic E-state index is 0.0273. The molecule has 1 aliphatic rings. The highest BCUT2D eigenvalue weighted by atomic mass is 16.3. The van der Waals surface area contributed by atoms with Gasteiger partial charge in [0.2, 0.25) is 0 Å². The van der Waals surface area contributed by atoms with Gasteiger partial charge in [-0.3, -0.25) is 14.6 Å². The molecule has 1 atom stereocenters. The van der Waals surface area contributed by atoms with Crippen molar-refractivity contribution >= 4 is 17.4 Å². The number of aromatic nitrogens is 3. The number of amides is 1. The van der Waals surface area contributed by atoms with E-state index >= 15 is 0 Å². The molecular weight excluding hydrogens is 384 g/mol. The Labute approximate surface area is 172 Å². The first-order valence-corrected chi connectivity index (χ1v) is 9.49. The molecule has 0 radical (unpaired) electrons. The molecule has 3 heterocycles. The van der Waals surface area contributed by atoms with Crippen LogP contribution in [0.2, 0.25) is 0 Å². The highest BCUT2D eigenvalue weighted by Gasteiger charge is 2.45. The fraction of sp³-hybridized carbons (Fsp3) is 0.182. The Hall–Kier alpha value is -3.94. The molecule has 4 rings (SSSR count). The van der Waals surface area contributed by atoms with Gasteiger partial charge >= 0.3 is 0 Å². The molecular formula is C22H20N4O4. The van der Waals surface area contributed by atoms with Gasteiger partial charge in [-0.25, -0.2) is 4.98 Å². The number of ketones is 1. The van der Waals surface area contributed by atoms with Gasteiger partial charge in [0.15, 0.2) is 0 Å². The fourth-order valence-corrected chi connectivity index (χ4v) is 3.62. The summed E-state index contributed by atoms with van der Waals surface area (Å²) in [7, 11) is 0. The van der Waals surface area contributed by atoms with Gasteiger partial charge in [-0.1, -0.05) is 12.1 Å². The molecule has 3 aromatic rings. The van der Waals surface area contributed by atoms with Crippen LogP contribution < -0.4 is 0 Å². The van der Waals surface area contributed by atoms with Crippen molar-refractivity contribution in [3.05, 3.63) is 84.2 Å². The first kappa shape index (κ1) is 19.4. The van der Waals surface area contributed by atoms with Crippen LogP contribution in [-0.4, -0.2) is 47.9 Å². The maximum absolute atomic E-state index is 12.9. The summed E-state index contributed by atoms with van der Waals surface area (Å²) in [5.41, 5.74) is 1.06. The summed E-state index contributed by atoms with van der Waals surface area (Å²) in [4.78, 5) is 35.1. The molecule has 2 aromatic heterocycles. The number of carbonyl (C=O) groups is 2. The van der Waals surface area contributed by atoms with Gasteiger partial charge in [-0.2, -0.15) is 0 Å². The van der Waals surface area contributed by atoms with Crippen molar-refractivity contribution < 1.29 is 19.8 Å². The lowest BCUT2D eigenvalue weighted by atomic mass is 9.95. The summed E-state index contributed by atoms with van der Waals surface area (Å²) in [5, 5.41) is 20.5. The molecule has 0 aliphatic carbocycles. The zero-order valence-corrected chi connectivity index (χ0v) is 16.0. The number of carbonyl (C=O) groups excluding carboxylic acids is 2. The van der Waals surface area contributed by atoms with Gasteiger partial charge in [0.05, 0.1) is 17.9 Å². The van der Waals surface area contributed by atoms with Crippen LogP contribution in [0.25, 0.3) is 5.76 Å². The number of aliphatic hydroxyl groups is 1. The van der Waals surface area contributed by atoms with Crippen LogP contribution in [0.5, 0.6) is 5.75 Å². The average Bonchev–Trinajstić information content (AvgIpc) is 3.37. The molecule has 8 nitrogen and oxygen atoms in total. The molecule has 1 fully saturated rings. The Morgan fingerprint density at radius 3 is 2.37 bits per heavy atom. The van der Waals surface area contributed by atoms with Crippen LogP contribution in [-0.2, 0) is 16.1 Å². The van der Waals surface area contributed by atoms with E-state index in [9.17, 15) is 19.8 Å². The van der Waals surface area contributed by atoms with Crippen molar-refractivity contribution in [2.45, 2.75) is 19.0 Å². The largest absolute Gasteiger partial charge is 0.508 e. The van der Waals surface area contributed by atoms with E-state index in [-0.39, 0.29) is 17.1 Å². The molecule has 0 saturated carbocycles. The molecule has 8 heteroatoms. The second kappa shape index (κ2) is 8.20. The third-order valence-corrected chi connectivity index (χ3v) is 5.08. The SMILES string of the molecule is O=C1C(=O)N(CCCn2ccnc2)C(c2ccc(O)cc2)C1=C(O)c1ccncc1. The Morgan fingerprint density at radius 1 is 0.967 bits per heavy atom. The minimum Gasteiger partial charge on any atom is -0.508 e. The Balaban J connectivity index is 1.72. The van der Waals surface area contributed by atoms with Crippen molar-refractivity contribution in [2.24, 2.45) is 0 Å². The summed E-state index contributed by atoms with van der Waals surface area (Å²) in [6.45, 7) is 0.955. The van der Waals surface area contributed by atoms with Crippen LogP contribution in [0.15, 0.2) is 73.1 Å². The highest BCUT2D eigenvalue weighted by molar-refractivity contribution is 6.46. The summed E-state index contributed by atoms with van der Waals surface area (Å²) in [5.74, 6) is -1.56. The van der Waals surface area contributed by atoms with E-state index in [0.29, 0.717) is 30.6 Å². The quantitative estimate of drug-likeness (QED) is 0.371. The molecule has 30 heavy (non-hydrogen) atoms. The number of aryl methyl sites for hydroxylation is 1.